The van der Waals surface area contributed by atoms with Gasteiger partial charge in [-0.3, -0.25) is 4.79 Å². The smallest absolute Gasteiger partial charge is 0.168 e. The predicted molar refractivity (Wildman–Crippen MR) is 65.1 cm³/mol. The van der Waals surface area contributed by atoms with Gasteiger partial charge >= 0.3 is 0 Å². The minimum Gasteiger partial charge on any atom is -0.487 e. The van der Waals surface area contributed by atoms with Crippen molar-refractivity contribution in [1.82, 2.24) is 4.98 Å². The van der Waals surface area contributed by atoms with Crippen molar-refractivity contribution in [2.45, 2.75) is 6.61 Å². The first-order valence-corrected chi connectivity index (χ1v) is 5.35. The number of pyridine rings is 1. The number of nitrogens with zero attached hydrogens (tertiary/aromatic N) is 2. The summed E-state index contributed by atoms with van der Waals surface area (Å²) in [5, 5.41) is 8.77. The van der Waals surface area contributed by atoms with Gasteiger partial charge in [0, 0.05) is 0 Å². The van der Waals surface area contributed by atoms with Crippen LogP contribution in [-0.4, -0.2) is 11.3 Å². The summed E-state index contributed by atoms with van der Waals surface area (Å²) in [6.07, 6.45) is 2.18. The Morgan fingerprint density at radius 3 is 2.89 bits per heavy atom. The number of carbonyl (C=O) groups is 1. The zero-order valence-electron chi connectivity index (χ0n) is 9.54. The highest BCUT2D eigenvalue weighted by atomic mass is 16.5. The molecule has 0 N–H and O–H groups in total. The van der Waals surface area contributed by atoms with Crippen LogP contribution < -0.4 is 4.74 Å². The summed E-state index contributed by atoms with van der Waals surface area (Å²) >= 11 is 0. The van der Waals surface area contributed by atoms with Crippen LogP contribution in [0.15, 0.2) is 42.6 Å². The summed E-state index contributed by atoms with van der Waals surface area (Å²) in [6.45, 7) is 0.359. The minimum absolute atomic E-state index is 0.359. The summed E-state index contributed by atoms with van der Waals surface area (Å²) in [4.78, 5) is 14.3. The fraction of sp³-hybridized carbons (Fsp3) is 0.0714. The SMILES string of the molecule is N#Cc1cccc(COc2ccc(C=O)nc2)c1. The number of aldehydes is 1. The van der Waals surface area contributed by atoms with Crippen LogP contribution in [0.5, 0.6) is 5.75 Å². The summed E-state index contributed by atoms with van der Waals surface area (Å²) < 4.78 is 5.50. The average molecular weight is 238 g/mol. The van der Waals surface area contributed by atoms with Crippen LogP contribution in [0.4, 0.5) is 0 Å². The predicted octanol–water partition coefficient (Wildman–Crippen LogP) is 2.34. The van der Waals surface area contributed by atoms with Crippen molar-refractivity contribution in [3.8, 4) is 11.8 Å². The average Bonchev–Trinajstić information content (AvgIpc) is 2.46. The fourth-order valence-electron chi connectivity index (χ4n) is 1.44. The lowest BCUT2D eigenvalue weighted by Crippen LogP contribution is -1.97. The number of benzene rings is 1. The van der Waals surface area contributed by atoms with Crippen molar-refractivity contribution >= 4 is 6.29 Å². The number of carbonyl (C=O) groups excluding carboxylic acids is 1. The van der Waals surface area contributed by atoms with Gasteiger partial charge < -0.3 is 4.74 Å². The van der Waals surface area contributed by atoms with Gasteiger partial charge in [-0.05, 0) is 29.8 Å². The van der Waals surface area contributed by atoms with Gasteiger partial charge in [0.2, 0.25) is 0 Å². The van der Waals surface area contributed by atoms with Gasteiger partial charge in [0.05, 0.1) is 17.8 Å². The van der Waals surface area contributed by atoms with E-state index in [1.165, 1.54) is 6.20 Å². The molecule has 0 saturated carbocycles. The fourth-order valence-corrected chi connectivity index (χ4v) is 1.44. The van der Waals surface area contributed by atoms with E-state index in [1.54, 1.807) is 24.3 Å². The minimum atomic E-state index is 0.359. The van der Waals surface area contributed by atoms with Crippen molar-refractivity contribution in [2.75, 3.05) is 0 Å². The van der Waals surface area contributed by atoms with Crippen LogP contribution in [0.25, 0.3) is 0 Å². The molecule has 0 aliphatic carbocycles. The molecule has 88 valence electrons. The van der Waals surface area contributed by atoms with Gasteiger partial charge in [-0.15, -0.1) is 0 Å². The van der Waals surface area contributed by atoms with Gasteiger partial charge in [0.25, 0.3) is 0 Å². The molecule has 2 aromatic rings. The molecule has 0 aliphatic heterocycles. The van der Waals surface area contributed by atoms with E-state index in [-0.39, 0.29) is 0 Å². The lowest BCUT2D eigenvalue weighted by molar-refractivity contribution is 0.111. The highest BCUT2D eigenvalue weighted by Crippen LogP contribution is 2.12. The number of nitriles is 1. The van der Waals surface area contributed by atoms with Gasteiger partial charge in [-0.2, -0.15) is 5.26 Å². The normalized spacial score (nSPS) is 9.50. The molecule has 0 radical (unpaired) electrons. The van der Waals surface area contributed by atoms with Crippen molar-refractivity contribution in [2.24, 2.45) is 0 Å². The summed E-state index contributed by atoms with van der Waals surface area (Å²) in [7, 11) is 0. The molecule has 2 rings (SSSR count). The largest absolute Gasteiger partial charge is 0.487 e. The third-order valence-corrected chi connectivity index (χ3v) is 2.34. The zero-order valence-corrected chi connectivity index (χ0v) is 9.54. The van der Waals surface area contributed by atoms with E-state index in [0.29, 0.717) is 29.9 Å². The van der Waals surface area contributed by atoms with Gasteiger partial charge in [0.15, 0.2) is 6.29 Å². The molecule has 0 fully saturated rings. The molecule has 1 aromatic carbocycles. The van der Waals surface area contributed by atoms with Crippen LogP contribution >= 0.6 is 0 Å². The molecule has 0 unspecified atom stereocenters. The maximum Gasteiger partial charge on any atom is 0.168 e. The Balaban J connectivity index is 2.02. The molecule has 0 atom stereocenters. The van der Waals surface area contributed by atoms with Crippen LogP contribution in [0, 0.1) is 11.3 Å². The second-order valence-corrected chi connectivity index (χ2v) is 3.64. The molecule has 1 heterocycles. The van der Waals surface area contributed by atoms with E-state index < -0.39 is 0 Å². The maximum absolute atomic E-state index is 10.4. The van der Waals surface area contributed by atoms with Crippen molar-refractivity contribution in [1.29, 1.82) is 5.26 Å². The molecule has 0 aliphatic rings. The first-order valence-electron chi connectivity index (χ1n) is 5.35. The Labute approximate surface area is 104 Å². The number of hydrogen-bond donors (Lipinski definition) is 0. The number of aromatic nitrogens is 1. The van der Waals surface area contributed by atoms with Crippen molar-refractivity contribution in [3.63, 3.8) is 0 Å². The third kappa shape index (κ3) is 2.92. The topological polar surface area (TPSA) is 63.0 Å². The van der Waals surface area contributed by atoms with Gasteiger partial charge in [-0.1, -0.05) is 12.1 Å². The van der Waals surface area contributed by atoms with E-state index in [2.05, 4.69) is 11.1 Å². The first kappa shape index (κ1) is 11.8. The molecule has 0 spiro atoms. The Hall–Kier alpha value is -2.67. The van der Waals surface area contributed by atoms with Crippen LogP contribution in [-0.2, 0) is 6.61 Å². The maximum atomic E-state index is 10.4. The van der Waals surface area contributed by atoms with Crippen LogP contribution in [0.3, 0.4) is 0 Å². The zero-order chi connectivity index (χ0) is 12.8. The highest BCUT2D eigenvalue weighted by molar-refractivity contribution is 5.71. The van der Waals surface area contributed by atoms with E-state index >= 15 is 0 Å². The van der Waals surface area contributed by atoms with E-state index in [9.17, 15) is 4.79 Å². The molecule has 0 amide bonds. The molecule has 1 aromatic heterocycles. The number of rotatable bonds is 4. The lowest BCUT2D eigenvalue weighted by Gasteiger charge is -2.05. The summed E-state index contributed by atoms with van der Waals surface area (Å²) in [5.74, 6) is 0.586. The molecule has 0 saturated heterocycles. The van der Waals surface area contributed by atoms with E-state index in [0.717, 1.165) is 5.56 Å². The van der Waals surface area contributed by atoms with Gasteiger partial charge in [-0.25, -0.2) is 4.98 Å². The number of ether oxygens (including phenoxy) is 1. The summed E-state index contributed by atoms with van der Waals surface area (Å²) in [6, 6.07) is 12.6. The molecular weight excluding hydrogens is 228 g/mol. The van der Waals surface area contributed by atoms with Crippen LogP contribution in [0.2, 0.25) is 0 Å². The Bertz CT molecular complexity index is 585. The second-order valence-electron chi connectivity index (χ2n) is 3.64. The standard InChI is InChI=1S/C14H10N2O2/c15-7-11-2-1-3-12(6-11)10-18-14-5-4-13(9-17)16-8-14/h1-6,8-9H,10H2. The van der Waals surface area contributed by atoms with Gasteiger partial charge in [0.1, 0.15) is 18.1 Å². The quantitative estimate of drug-likeness (QED) is 0.767. The Morgan fingerprint density at radius 2 is 2.22 bits per heavy atom. The third-order valence-electron chi connectivity index (χ3n) is 2.34. The number of hydrogen-bond acceptors (Lipinski definition) is 4. The molecule has 4 heteroatoms. The van der Waals surface area contributed by atoms with Crippen molar-refractivity contribution < 1.29 is 9.53 Å². The van der Waals surface area contributed by atoms with Crippen LogP contribution in [0.1, 0.15) is 21.6 Å². The first-order chi connectivity index (χ1) is 8.81. The molecular formula is C14H10N2O2. The van der Waals surface area contributed by atoms with E-state index in [1.807, 2.05) is 12.1 Å². The molecule has 4 nitrogen and oxygen atoms in total. The Morgan fingerprint density at radius 1 is 1.33 bits per heavy atom. The summed E-state index contributed by atoms with van der Waals surface area (Å²) in [5.41, 5.74) is 1.88. The van der Waals surface area contributed by atoms with Crippen molar-refractivity contribution in [3.05, 3.63) is 59.4 Å². The molecule has 0 bridgehead atoms. The highest BCUT2D eigenvalue weighted by Gasteiger charge is 1.98. The Kier molecular flexibility index (Phi) is 3.67. The monoisotopic (exact) mass is 238 g/mol. The second kappa shape index (κ2) is 5.60. The van der Waals surface area contributed by atoms with E-state index in [4.69, 9.17) is 10.00 Å². The lowest BCUT2D eigenvalue weighted by atomic mass is 10.1. The molecule has 18 heavy (non-hydrogen) atoms.